The van der Waals surface area contributed by atoms with E-state index in [2.05, 4.69) is 13.8 Å². The van der Waals surface area contributed by atoms with E-state index in [9.17, 15) is 4.79 Å². The van der Waals surface area contributed by atoms with Crippen molar-refractivity contribution in [1.82, 2.24) is 0 Å². The third-order valence-corrected chi connectivity index (χ3v) is 3.91. The molecule has 2 rings (SSSR count). The van der Waals surface area contributed by atoms with Gasteiger partial charge in [-0.15, -0.1) is 0 Å². The zero-order valence-corrected chi connectivity index (χ0v) is 13.4. The summed E-state index contributed by atoms with van der Waals surface area (Å²) in [4.78, 5) is 14.5. The third kappa shape index (κ3) is 3.38. The van der Waals surface area contributed by atoms with Gasteiger partial charge in [-0.3, -0.25) is 4.79 Å². The van der Waals surface area contributed by atoms with Crippen LogP contribution in [0.4, 0.5) is 5.69 Å². The van der Waals surface area contributed by atoms with Gasteiger partial charge in [-0.2, -0.15) is 0 Å². The minimum Gasteiger partial charge on any atom is -0.478 e. The minimum absolute atomic E-state index is 0.0544. The molecule has 4 heteroatoms. The maximum absolute atomic E-state index is 12.6. The molecule has 1 heterocycles. The Bertz CT molecular complexity index is 512. The highest BCUT2D eigenvalue weighted by Crippen LogP contribution is 2.36. The van der Waals surface area contributed by atoms with Gasteiger partial charge < -0.3 is 15.4 Å². The van der Waals surface area contributed by atoms with E-state index in [-0.39, 0.29) is 18.1 Å². The van der Waals surface area contributed by atoms with Crippen molar-refractivity contribution < 1.29 is 9.53 Å². The van der Waals surface area contributed by atoms with E-state index in [0.717, 1.165) is 30.0 Å². The number of rotatable bonds is 5. The van der Waals surface area contributed by atoms with Crippen molar-refractivity contribution in [2.75, 3.05) is 11.4 Å². The maximum Gasteiger partial charge on any atom is 0.268 e. The second kappa shape index (κ2) is 6.48. The largest absolute Gasteiger partial charge is 0.478 e. The predicted molar refractivity (Wildman–Crippen MR) is 85.6 cm³/mol. The number of carbonyl (C=O) groups is 1. The Hall–Kier alpha value is -1.55. The molecule has 2 atom stereocenters. The van der Waals surface area contributed by atoms with E-state index in [1.54, 1.807) is 0 Å². The second-order valence-electron chi connectivity index (χ2n) is 6.20. The summed E-state index contributed by atoms with van der Waals surface area (Å²) >= 11 is 0. The summed E-state index contributed by atoms with van der Waals surface area (Å²) in [7, 11) is 0. The fraction of sp³-hybridized carbons (Fsp3) is 0.588. The van der Waals surface area contributed by atoms with Gasteiger partial charge >= 0.3 is 0 Å². The topological polar surface area (TPSA) is 55.6 Å². The molecule has 116 valence electrons. The Morgan fingerprint density at radius 2 is 2.05 bits per heavy atom. The molecule has 4 nitrogen and oxygen atoms in total. The molecule has 1 aromatic carbocycles. The SMILES string of the molecule is CCC1Oc2ccc(C(C)N)cc2N(CCC(C)C)C1=O. The van der Waals surface area contributed by atoms with E-state index in [1.165, 1.54) is 0 Å². The number of hydrogen-bond donors (Lipinski definition) is 1. The van der Waals surface area contributed by atoms with Crippen LogP contribution in [0.5, 0.6) is 5.75 Å². The fourth-order valence-electron chi connectivity index (χ4n) is 2.50. The van der Waals surface area contributed by atoms with E-state index in [4.69, 9.17) is 10.5 Å². The van der Waals surface area contributed by atoms with E-state index >= 15 is 0 Å². The van der Waals surface area contributed by atoms with E-state index in [1.807, 2.05) is 36.9 Å². The number of carbonyl (C=O) groups excluding carboxylic acids is 1. The van der Waals surface area contributed by atoms with Crippen LogP contribution >= 0.6 is 0 Å². The van der Waals surface area contributed by atoms with Gasteiger partial charge in [0.15, 0.2) is 6.10 Å². The van der Waals surface area contributed by atoms with Crippen molar-refractivity contribution in [1.29, 1.82) is 0 Å². The average Bonchev–Trinajstić information content (AvgIpc) is 2.44. The van der Waals surface area contributed by atoms with Gasteiger partial charge in [0.1, 0.15) is 5.75 Å². The van der Waals surface area contributed by atoms with Crippen LogP contribution in [-0.4, -0.2) is 18.6 Å². The summed E-state index contributed by atoms with van der Waals surface area (Å²) in [6, 6.07) is 5.85. The maximum atomic E-state index is 12.6. The Kier molecular flexibility index (Phi) is 4.88. The van der Waals surface area contributed by atoms with Gasteiger partial charge in [-0.05, 0) is 43.4 Å². The van der Waals surface area contributed by atoms with Gasteiger partial charge in [0, 0.05) is 12.6 Å². The lowest BCUT2D eigenvalue weighted by Gasteiger charge is -2.35. The number of benzene rings is 1. The number of fused-ring (bicyclic) bond motifs is 1. The fourth-order valence-corrected chi connectivity index (χ4v) is 2.50. The van der Waals surface area contributed by atoms with Crippen molar-refractivity contribution in [3.63, 3.8) is 0 Å². The van der Waals surface area contributed by atoms with Gasteiger partial charge in [-0.25, -0.2) is 0 Å². The minimum atomic E-state index is -0.370. The molecule has 0 radical (unpaired) electrons. The lowest BCUT2D eigenvalue weighted by Crippen LogP contribution is -2.46. The Morgan fingerprint density at radius 1 is 1.33 bits per heavy atom. The smallest absolute Gasteiger partial charge is 0.268 e. The van der Waals surface area contributed by atoms with Crippen LogP contribution in [0.3, 0.4) is 0 Å². The molecule has 0 aliphatic carbocycles. The lowest BCUT2D eigenvalue weighted by molar-refractivity contribution is -0.126. The first kappa shape index (κ1) is 15.8. The summed E-state index contributed by atoms with van der Waals surface area (Å²) in [5, 5.41) is 0. The molecule has 0 bridgehead atoms. The molecule has 0 saturated heterocycles. The van der Waals surface area contributed by atoms with Crippen molar-refractivity contribution in [3.8, 4) is 5.75 Å². The summed E-state index contributed by atoms with van der Waals surface area (Å²) in [5.74, 6) is 1.41. The van der Waals surface area contributed by atoms with E-state index < -0.39 is 0 Å². The van der Waals surface area contributed by atoms with Crippen LogP contribution in [0.15, 0.2) is 18.2 Å². The van der Waals surface area contributed by atoms with E-state index in [0.29, 0.717) is 12.3 Å². The standard InChI is InChI=1S/C17H26N2O2/c1-5-15-17(20)19(9-8-11(2)3)14-10-13(12(4)18)6-7-16(14)21-15/h6-7,10-12,15H,5,8-9,18H2,1-4H3. The zero-order chi connectivity index (χ0) is 15.6. The Balaban J connectivity index is 2.37. The number of hydrogen-bond acceptors (Lipinski definition) is 3. The summed E-state index contributed by atoms with van der Waals surface area (Å²) < 4.78 is 5.83. The van der Waals surface area contributed by atoms with Crippen LogP contribution in [0.2, 0.25) is 0 Å². The Morgan fingerprint density at radius 3 is 2.62 bits per heavy atom. The van der Waals surface area contributed by atoms with Crippen LogP contribution in [0.25, 0.3) is 0 Å². The zero-order valence-electron chi connectivity index (χ0n) is 13.4. The first-order valence-electron chi connectivity index (χ1n) is 7.81. The second-order valence-corrected chi connectivity index (χ2v) is 6.20. The molecule has 1 aromatic rings. The molecule has 0 spiro atoms. The first-order chi connectivity index (χ1) is 9.93. The van der Waals surface area contributed by atoms with Crippen molar-refractivity contribution in [3.05, 3.63) is 23.8 Å². The van der Waals surface area contributed by atoms with Crippen molar-refractivity contribution in [2.45, 2.75) is 52.7 Å². The van der Waals surface area contributed by atoms with Crippen LogP contribution in [0, 0.1) is 5.92 Å². The van der Waals surface area contributed by atoms with Gasteiger partial charge in [0.2, 0.25) is 0 Å². The number of ether oxygens (including phenoxy) is 1. The molecular formula is C17H26N2O2. The molecule has 1 aliphatic rings. The highest BCUT2D eigenvalue weighted by Gasteiger charge is 2.33. The normalized spacial score (nSPS) is 19.4. The molecular weight excluding hydrogens is 264 g/mol. The molecule has 2 N–H and O–H groups in total. The average molecular weight is 290 g/mol. The molecule has 0 aromatic heterocycles. The van der Waals surface area contributed by atoms with Crippen LogP contribution < -0.4 is 15.4 Å². The quantitative estimate of drug-likeness (QED) is 0.905. The first-order valence-corrected chi connectivity index (χ1v) is 7.81. The lowest BCUT2D eigenvalue weighted by atomic mass is 10.0. The molecule has 0 fully saturated rings. The Labute approximate surface area is 127 Å². The number of anilines is 1. The number of nitrogens with two attached hydrogens (primary N) is 1. The molecule has 1 amide bonds. The van der Waals surface area contributed by atoms with Crippen molar-refractivity contribution in [2.24, 2.45) is 11.7 Å². The monoisotopic (exact) mass is 290 g/mol. The van der Waals surface area contributed by atoms with Crippen molar-refractivity contribution >= 4 is 11.6 Å². The summed E-state index contributed by atoms with van der Waals surface area (Å²) in [5.41, 5.74) is 7.84. The highest BCUT2D eigenvalue weighted by molar-refractivity contribution is 6.00. The molecule has 0 saturated carbocycles. The summed E-state index contributed by atoms with van der Waals surface area (Å²) in [6.45, 7) is 8.99. The predicted octanol–water partition coefficient (Wildman–Crippen LogP) is 3.26. The molecule has 21 heavy (non-hydrogen) atoms. The van der Waals surface area contributed by atoms with Crippen LogP contribution in [-0.2, 0) is 4.79 Å². The number of nitrogens with zero attached hydrogens (tertiary/aromatic N) is 1. The number of amides is 1. The molecule has 1 aliphatic heterocycles. The summed E-state index contributed by atoms with van der Waals surface area (Å²) in [6.07, 6.45) is 1.29. The molecule has 2 unspecified atom stereocenters. The van der Waals surface area contributed by atoms with Gasteiger partial charge in [0.25, 0.3) is 5.91 Å². The van der Waals surface area contributed by atoms with Crippen LogP contribution in [0.1, 0.15) is 52.1 Å². The van der Waals surface area contributed by atoms with Gasteiger partial charge in [-0.1, -0.05) is 26.8 Å². The highest BCUT2D eigenvalue weighted by atomic mass is 16.5. The van der Waals surface area contributed by atoms with Gasteiger partial charge in [0.05, 0.1) is 5.69 Å². The third-order valence-electron chi connectivity index (χ3n) is 3.91.